The lowest BCUT2D eigenvalue weighted by Crippen LogP contribution is -2.30. The summed E-state index contributed by atoms with van der Waals surface area (Å²) in [4.78, 5) is 35.1. The van der Waals surface area contributed by atoms with Crippen molar-refractivity contribution in [2.45, 2.75) is 82.7 Å². The van der Waals surface area contributed by atoms with Crippen LogP contribution in [0.4, 0.5) is 5.82 Å². The number of aromatic amines is 1. The molecule has 0 radical (unpaired) electrons. The number of carbonyl (C=O) groups is 2. The molecule has 2 aromatic carbocycles. The third-order valence-corrected chi connectivity index (χ3v) is 9.47. The molecule has 1 fully saturated rings. The van der Waals surface area contributed by atoms with Gasteiger partial charge in [-0.1, -0.05) is 72.0 Å². The van der Waals surface area contributed by atoms with E-state index in [1.807, 2.05) is 54.7 Å². The molecular formula is C39H43N3O5-2. The summed E-state index contributed by atoms with van der Waals surface area (Å²) in [7, 11) is 0. The highest BCUT2D eigenvalue weighted by molar-refractivity contribution is 6.02. The van der Waals surface area contributed by atoms with Crippen LogP contribution in [0.1, 0.15) is 86.1 Å². The molecule has 0 spiro atoms. The SMILES string of the molecule is O=C(CCc1ccc(O)c(OC2CCCC2)c1)CC(=O)C1C(C[N-]c2ccc[nH]2)=Cc2[n-]ccc2C1CCCCc1cccc(O)c1. The minimum Gasteiger partial charge on any atom is -0.664 e. The predicted octanol–water partition coefficient (Wildman–Crippen LogP) is 8.08. The lowest BCUT2D eigenvalue weighted by atomic mass is 9.71. The fourth-order valence-corrected chi connectivity index (χ4v) is 7.06. The van der Waals surface area contributed by atoms with Gasteiger partial charge in [-0.2, -0.15) is 6.20 Å². The van der Waals surface area contributed by atoms with Gasteiger partial charge in [-0.3, -0.25) is 9.59 Å². The van der Waals surface area contributed by atoms with E-state index < -0.39 is 5.92 Å². The Kier molecular flexibility index (Phi) is 10.5. The number of hydrogen-bond acceptors (Lipinski definition) is 5. The van der Waals surface area contributed by atoms with Crippen LogP contribution >= 0.6 is 0 Å². The second-order valence-corrected chi connectivity index (χ2v) is 12.9. The van der Waals surface area contributed by atoms with Crippen molar-refractivity contribution < 1.29 is 24.5 Å². The summed E-state index contributed by atoms with van der Waals surface area (Å²) in [5.41, 5.74) is 4.79. The highest BCUT2D eigenvalue weighted by Crippen LogP contribution is 2.43. The van der Waals surface area contributed by atoms with Crippen LogP contribution in [-0.2, 0) is 22.4 Å². The first-order chi connectivity index (χ1) is 22.9. The van der Waals surface area contributed by atoms with Gasteiger partial charge in [-0.15, -0.1) is 5.69 Å². The fraction of sp³-hybridized carbons (Fsp3) is 0.385. The van der Waals surface area contributed by atoms with Crippen molar-refractivity contribution in [3.8, 4) is 17.2 Å². The van der Waals surface area contributed by atoms with E-state index >= 15 is 0 Å². The number of rotatable bonds is 16. The number of carbonyl (C=O) groups excluding carboxylic acids is 2. The van der Waals surface area contributed by atoms with Crippen molar-refractivity contribution in [2.24, 2.45) is 5.92 Å². The molecule has 0 saturated heterocycles. The molecule has 47 heavy (non-hydrogen) atoms. The van der Waals surface area contributed by atoms with Crippen molar-refractivity contribution in [2.75, 3.05) is 6.54 Å². The zero-order valence-electron chi connectivity index (χ0n) is 26.7. The molecule has 246 valence electrons. The first kappa shape index (κ1) is 32.2. The van der Waals surface area contributed by atoms with Gasteiger partial charge in [0, 0.05) is 12.3 Å². The van der Waals surface area contributed by atoms with Crippen LogP contribution in [0.25, 0.3) is 11.4 Å². The number of nitrogens with one attached hydrogen (secondary N) is 1. The van der Waals surface area contributed by atoms with Crippen LogP contribution in [0.3, 0.4) is 0 Å². The van der Waals surface area contributed by atoms with E-state index in [4.69, 9.17) is 10.1 Å². The van der Waals surface area contributed by atoms with E-state index in [1.54, 1.807) is 24.4 Å². The number of nitrogens with zero attached hydrogens (tertiary/aromatic N) is 2. The van der Waals surface area contributed by atoms with Crippen LogP contribution in [0, 0.1) is 5.92 Å². The third-order valence-electron chi connectivity index (χ3n) is 9.47. The molecule has 1 saturated carbocycles. The van der Waals surface area contributed by atoms with Crippen molar-refractivity contribution in [3.63, 3.8) is 0 Å². The number of aryl methyl sites for hydroxylation is 2. The molecule has 2 atom stereocenters. The quantitative estimate of drug-likeness (QED) is 0.0845. The Morgan fingerprint density at radius 3 is 2.62 bits per heavy atom. The molecule has 2 heterocycles. The molecule has 0 bridgehead atoms. The summed E-state index contributed by atoms with van der Waals surface area (Å²) in [5, 5.41) is 24.9. The maximum atomic E-state index is 14.1. The second-order valence-electron chi connectivity index (χ2n) is 12.9. The van der Waals surface area contributed by atoms with E-state index in [-0.39, 0.29) is 47.9 Å². The van der Waals surface area contributed by atoms with Gasteiger partial charge in [0.05, 0.1) is 12.5 Å². The van der Waals surface area contributed by atoms with Crippen LogP contribution in [0.5, 0.6) is 17.2 Å². The fourth-order valence-electron chi connectivity index (χ4n) is 7.06. The van der Waals surface area contributed by atoms with E-state index in [1.165, 1.54) is 0 Å². The Morgan fingerprint density at radius 2 is 1.81 bits per heavy atom. The maximum absolute atomic E-state index is 14.1. The summed E-state index contributed by atoms with van der Waals surface area (Å²) in [6.45, 7) is 0.342. The third kappa shape index (κ3) is 8.36. The number of aromatic nitrogens is 2. The Balaban J connectivity index is 1.13. The average molecular weight is 634 g/mol. The zero-order valence-corrected chi connectivity index (χ0v) is 26.7. The van der Waals surface area contributed by atoms with Gasteiger partial charge in [-0.25, -0.2) is 0 Å². The number of H-pyrrole nitrogens is 1. The number of fused-ring (bicyclic) bond motifs is 1. The van der Waals surface area contributed by atoms with Crippen LogP contribution < -0.4 is 9.72 Å². The molecule has 2 aromatic heterocycles. The van der Waals surface area contributed by atoms with Crippen molar-refractivity contribution in [3.05, 3.63) is 106 Å². The lowest BCUT2D eigenvalue weighted by molar-refractivity contribution is -0.129. The van der Waals surface area contributed by atoms with E-state index in [0.29, 0.717) is 18.7 Å². The number of unbranched alkanes of at least 4 members (excludes halogenated alkanes) is 1. The van der Waals surface area contributed by atoms with E-state index in [2.05, 4.69) is 9.97 Å². The van der Waals surface area contributed by atoms with Gasteiger partial charge in [0.25, 0.3) is 0 Å². The molecule has 8 heteroatoms. The molecular weight excluding hydrogens is 590 g/mol. The van der Waals surface area contributed by atoms with Gasteiger partial charge in [0.1, 0.15) is 17.3 Å². The van der Waals surface area contributed by atoms with Gasteiger partial charge in [0.2, 0.25) is 0 Å². The molecule has 8 nitrogen and oxygen atoms in total. The number of ketones is 2. The number of ether oxygens (including phenoxy) is 1. The first-order valence-corrected chi connectivity index (χ1v) is 16.9. The number of phenolic OH excluding ortho intramolecular Hbond substituents is 2. The Bertz CT molecular complexity index is 1680. The van der Waals surface area contributed by atoms with Crippen molar-refractivity contribution in [1.82, 2.24) is 9.97 Å². The normalized spacial score (nSPS) is 17.7. The summed E-state index contributed by atoms with van der Waals surface area (Å²) in [5.74, 6) is 0.839. The number of benzene rings is 2. The molecule has 0 amide bonds. The Labute approximate surface area is 276 Å². The molecule has 2 unspecified atom stereocenters. The number of hydrogen-bond donors (Lipinski definition) is 3. The summed E-state index contributed by atoms with van der Waals surface area (Å²) < 4.78 is 6.04. The first-order valence-electron chi connectivity index (χ1n) is 16.9. The molecule has 2 aliphatic rings. The monoisotopic (exact) mass is 633 g/mol. The molecule has 6 rings (SSSR count). The summed E-state index contributed by atoms with van der Waals surface area (Å²) >= 11 is 0. The van der Waals surface area contributed by atoms with Crippen LogP contribution in [-0.4, -0.2) is 39.4 Å². The van der Waals surface area contributed by atoms with Crippen molar-refractivity contribution in [1.29, 1.82) is 0 Å². The van der Waals surface area contributed by atoms with Crippen molar-refractivity contribution >= 4 is 23.5 Å². The molecule has 2 aliphatic carbocycles. The second kappa shape index (κ2) is 15.2. The molecule has 4 aromatic rings. The van der Waals surface area contributed by atoms with Gasteiger partial charge >= 0.3 is 0 Å². The number of aromatic hydroxyl groups is 2. The van der Waals surface area contributed by atoms with Gasteiger partial charge in [0.15, 0.2) is 11.5 Å². The Hall–Kier alpha value is -4.72. The maximum Gasteiger partial charge on any atom is 0.161 e. The highest BCUT2D eigenvalue weighted by Gasteiger charge is 2.35. The largest absolute Gasteiger partial charge is 0.664 e. The van der Waals surface area contributed by atoms with Gasteiger partial charge in [-0.05, 0) is 99.2 Å². The smallest absolute Gasteiger partial charge is 0.161 e. The lowest BCUT2D eigenvalue weighted by Gasteiger charge is -2.36. The highest BCUT2D eigenvalue weighted by atomic mass is 16.5. The zero-order chi connectivity index (χ0) is 32.6. The van der Waals surface area contributed by atoms with Gasteiger partial charge < -0.3 is 30.2 Å². The minimum absolute atomic E-state index is 0.0799. The standard InChI is InChI=1S/C39H43N3O5/c43-29-9-5-8-26(21-29)7-1-4-12-33-32-18-20-40-34(32)23-28(25-42-38-13-6-19-41-38)39(33)36(46)24-30(44)16-14-27-15-17-35(45)37(22-27)47-31-10-2-3-11-31/h5-6,8-9,13,15,17-23,31,33,39,41,43,45H,1-4,7,10-12,14,16,24-25H2/q-2. The number of phenols is 2. The molecule has 0 aliphatic heterocycles. The summed E-state index contributed by atoms with van der Waals surface area (Å²) in [6, 6.07) is 18.4. The summed E-state index contributed by atoms with van der Waals surface area (Å²) in [6.07, 6.45) is 13.9. The predicted molar refractivity (Wildman–Crippen MR) is 182 cm³/mol. The van der Waals surface area contributed by atoms with E-state index in [0.717, 1.165) is 85.1 Å². The minimum atomic E-state index is -0.463. The molecule has 3 N–H and O–H groups in total. The Morgan fingerprint density at radius 1 is 0.957 bits per heavy atom. The topological polar surface area (TPSA) is 128 Å². The van der Waals surface area contributed by atoms with E-state index in [9.17, 15) is 19.8 Å². The van der Waals surface area contributed by atoms with Crippen LogP contribution in [0.2, 0.25) is 0 Å². The van der Waals surface area contributed by atoms with Crippen LogP contribution in [0.15, 0.2) is 78.6 Å². The average Bonchev–Trinajstić information content (AvgIpc) is 3.86. The number of Topliss-reactive ketones (excluding diaryl/α,β-unsaturated/α-hetero) is 2.